The van der Waals surface area contributed by atoms with Crippen molar-refractivity contribution >= 4 is 34.8 Å². The van der Waals surface area contributed by atoms with Gasteiger partial charge in [0.05, 0.1) is 30.4 Å². The number of anilines is 1. The average molecular weight is 498 g/mol. The Morgan fingerprint density at radius 2 is 2.06 bits per heavy atom. The van der Waals surface area contributed by atoms with Gasteiger partial charge in [-0.1, -0.05) is 0 Å². The third-order valence-corrected chi connectivity index (χ3v) is 7.69. The van der Waals surface area contributed by atoms with Crippen molar-refractivity contribution in [1.82, 2.24) is 24.7 Å². The van der Waals surface area contributed by atoms with Gasteiger partial charge in [0.25, 0.3) is 0 Å². The van der Waals surface area contributed by atoms with Crippen molar-refractivity contribution in [2.24, 2.45) is 5.73 Å². The topological polar surface area (TPSA) is 130 Å². The number of carbonyl (C=O) groups is 1. The third-order valence-electron chi connectivity index (χ3n) is 6.59. The maximum atomic E-state index is 12.5. The van der Waals surface area contributed by atoms with Gasteiger partial charge in [-0.05, 0) is 47.5 Å². The molecule has 3 N–H and O–H groups in total. The monoisotopic (exact) mass is 497 g/mol. The van der Waals surface area contributed by atoms with Crippen LogP contribution in [-0.2, 0) is 16.7 Å². The lowest BCUT2D eigenvalue weighted by Crippen LogP contribution is -2.36. The molecular formula is C24H31N7O3S. The van der Waals surface area contributed by atoms with Gasteiger partial charge in [0.1, 0.15) is 16.4 Å². The van der Waals surface area contributed by atoms with Gasteiger partial charge in [0, 0.05) is 34.5 Å². The molecule has 186 valence electrons. The van der Waals surface area contributed by atoms with Crippen LogP contribution in [0, 0.1) is 13.8 Å². The van der Waals surface area contributed by atoms with E-state index in [9.17, 15) is 4.79 Å². The van der Waals surface area contributed by atoms with Gasteiger partial charge in [-0.2, -0.15) is 10.1 Å². The summed E-state index contributed by atoms with van der Waals surface area (Å²) in [6, 6.07) is -0.0326. The lowest BCUT2D eigenvalue weighted by molar-refractivity contribution is 0.0634. The first-order valence-electron chi connectivity index (χ1n) is 11.7. The van der Waals surface area contributed by atoms with E-state index in [1.807, 2.05) is 39.3 Å². The summed E-state index contributed by atoms with van der Waals surface area (Å²) in [5, 5.41) is 9.41. The van der Waals surface area contributed by atoms with Crippen molar-refractivity contribution in [3.05, 3.63) is 28.7 Å². The maximum Gasteiger partial charge on any atom is 0.414 e. The molecule has 3 aromatic rings. The molecule has 2 aliphatic rings. The summed E-state index contributed by atoms with van der Waals surface area (Å²) in [6.07, 6.45) is 3.19. The fourth-order valence-electron chi connectivity index (χ4n) is 4.67. The molecular weight excluding hydrogens is 466 g/mol. The third kappa shape index (κ3) is 4.20. The second-order valence-electron chi connectivity index (χ2n) is 10.3. The quantitative estimate of drug-likeness (QED) is 0.518. The molecule has 5 rings (SSSR count). The van der Waals surface area contributed by atoms with Gasteiger partial charge in [0.15, 0.2) is 5.65 Å². The van der Waals surface area contributed by atoms with E-state index in [2.05, 4.69) is 15.3 Å². The molecule has 0 aromatic carbocycles. The van der Waals surface area contributed by atoms with Gasteiger partial charge in [-0.15, -0.1) is 11.8 Å². The van der Waals surface area contributed by atoms with Crippen LogP contribution in [-0.4, -0.2) is 55.3 Å². The molecule has 0 bridgehead atoms. The predicted octanol–water partition coefficient (Wildman–Crippen LogP) is 3.71. The maximum absolute atomic E-state index is 12.5. The number of ether oxygens (including phenoxy) is 2. The number of fused-ring (bicyclic) bond motifs is 1. The Labute approximate surface area is 208 Å². The number of rotatable bonds is 4. The summed E-state index contributed by atoms with van der Waals surface area (Å²) in [4.78, 5) is 26.5. The van der Waals surface area contributed by atoms with Gasteiger partial charge < -0.3 is 15.2 Å². The van der Waals surface area contributed by atoms with Crippen LogP contribution in [0.3, 0.4) is 0 Å². The van der Waals surface area contributed by atoms with E-state index >= 15 is 0 Å². The first-order valence-corrected chi connectivity index (χ1v) is 12.7. The largest absolute Gasteiger partial charge is 0.496 e. The minimum absolute atomic E-state index is 0.0326. The van der Waals surface area contributed by atoms with Crippen LogP contribution in [0.25, 0.3) is 11.0 Å². The fourth-order valence-corrected chi connectivity index (χ4v) is 5.81. The number of aromatic nitrogens is 5. The van der Waals surface area contributed by atoms with E-state index in [0.717, 1.165) is 57.3 Å². The molecule has 1 atom stereocenters. The van der Waals surface area contributed by atoms with Crippen LogP contribution < -0.4 is 15.8 Å². The summed E-state index contributed by atoms with van der Waals surface area (Å²) in [5.41, 5.74) is 10.2. The first-order chi connectivity index (χ1) is 16.5. The Balaban J connectivity index is 1.62. The minimum Gasteiger partial charge on any atom is -0.496 e. The van der Waals surface area contributed by atoms with Crippen LogP contribution in [0.1, 0.15) is 56.1 Å². The van der Waals surface area contributed by atoms with Gasteiger partial charge in [-0.3, -0.25) is 10.3 Å². The van der Waals surface area contributed by atoms with Gasteiger partial charge >= 0.3 is 6.09 Å². The van der Waals surface area contributed by atoms with Crippen molar-refractivity contribution in [2.45, 2.75) is 76.1 Å². The second-order valence-corrected chi connectivity index (χ2v) is 11.3. The number of pyridine rings is 1. The van der Waals surface area contributed by atoms with E-state index in [0.29, 0.717) is 12.2 Å². The molecule has 1 aliphatic carbocycles. The van der Waals surface area contributed by atoms with Crippen LogP contribution in [0.5, 0.6) is 5.75 Å². The predicted molar refractivity (Wildman–Crippen MR) is 134 cm³/mol. The van der Waals surface area contributed by atoms with E-state index < -0.39 is 11.7 Å². The Hall–Kier alpha value is -2.92. The number of nitrogens with zero attached hydrogens (tertiary/aromatic N) is 5. The number of aryl methyl sites for hydroxylation is 1. The smallest absolute Gasteiger partial charge is 0.414 e. The van der Waals surface area contributed by atoms with Crippen LogP contribution in [0.2, 0.25) is 0 Å². The Bertz CT molecular complexity index is 1330. The molecule has 11 heteroatoms. The molecule has 0 saturated heterocycles. The van der Waals surface area contributed by atoms with E-state index in [-0.39, 0.29) is 17.4 Å². The normalized spacial score (nSPS) is 18.4. The lowest BCUT2D eigenvalue weighted by Gasteiger charge is -2.19. The molecule has 1 saturated carbocycles. The highest BCUT2D eigenvalue weighted by atomic mass is 32.2. The zero-order chi connectivity index (χ0) is 25.1. The SMILES string of the molecule is COc1c(C)cnc(Cn2nc3c4c(nc(NC(=O)OC(C)(C)C)nc42)SCC(N)C32CC2)c1C. The summed E-state index contributed by atoms with van der Waals surface area (Å²) in [6.45, 7) is 9.79. The second kappa shape index (κ2) is 8.34. The minimum atomic E-state index is -0.636. The van der Waals surface area contributed by atoms with Crippen molar-refractivity contribution in [1.29, 1.82) is 0 Å². The molecule has 1 spiro atoms. The number of methoxy groups -OCH3 is 1. The lowest BCUT2D eigenvalue weighted by atomic mass is 9.93. The van der Waals surface area contributed by atoms with E-state index in [1.165, 1.54) is 0 Å². The van der Waals surface area contributed by atoms with Crippen LogP contribution >= 0.6 is 11.8 Å². The molecule has 1 amide bonds. The van der Waals surface area contributed by atoms with Crippen molar-refractivity contribution in [2.75, 3.05) is 18.2 Å². The zero-order valence-corrected chi connectivity index (χ0v) is 21.7. The highest BCUT2D eigenvalue weighted by Crippen LogP contribution is 2.55. The Kier molecular flexibility index (Phi) is 5.67. The number of nitrogens with one attached hydrogen (secondary N) is 1. The number of amides is 1. The van der Waals surface area contributed by atoms with Crippen molar-refractivity contribution in [3.63, 3.8) is 0 Å². The van der Waals surface area contributed by atoms with Crippen LogP contribution in [0.4, 0.5) is 10.7 Å². The van der Waals surface area contributed by atoms with Crippen molar-refractivity contribution < 1.29 is 14.3 Å². The molecule has 3 aromatic heterocycles. The Morgan fingerprint density at radius 1 is 1.31 bits per heavy atom. The number of carbonyl (C=O) groups excluding carboxylic acids is 1. The first kappa shape index (κ1) is 23.8. The van der Waals surface area contributed by atoms with Gasteiger partial charge in [-0.25, -0.2) is 14.5 Å². The van der Waals surface area contributed by atoms with E-state index in [4.69, 9.17) is 25.3 Å². The van der Waals surface area contributed by atoms with Gasteiger partial charge in [0.2, 0.25) is 5.95 Å². The standard InChI is InChI=1S/C24H31N7O3S/c1-12-9-26-14(13(2)17(12)33-6)10-31-19-16-18(30-31)24(7-8-24)15(25)11-35-20(16)28-21(27-19)29-22(32)34-23(3,4)5/h9,15H,7-8,10-11,25H2,1-6H3,(H,27,28,29,32). The number of hydrogen-bond acceptors (Lipinski definition) is 9. The molecule has 1 unspecified atom stereocenters. The highest BCUT2D eigenvalue weighted by Gasteiger charge is 2.54. The number of thioether (sulfide) groups is 1. The highest BCUT2D eigenvalue weighted by molar-refractivity contribution is 7.99. The molecule has 10 nitrogen and oxygen atoms in total. The summed E-state index contributed by atoms with van der Waals surface area (Å²) >= 11 is 1.58. The summed E-state index contributed by atoms with van der Waals surface area (Å²) in [7, 11) is 1.66. The molecule has 35 heavy (non-hydrogen) atoms. The number of hydrogen-bond donors (Lipinski definition) is 2. The Morgan fingerprint density at radius 3 is 2.71 bits per heavy atom. The molecule has 1 fully saturated rings. The van der Waals surface area contributed by atoms with E-state index in [1.54, 1.807) is 25.1 Å². The number of nitrogens with two attached hydrogens (primary N) is 1. The van der Waals surface area contributed by atoms with Crippen molar-refractivity contribution in [3.8, 4) is 5.75 Å². The summed E-state index contributed by atoms with van der Waals surface area (Å²) < 4.78 is 12.8. The molecule has 4 heterocycles. The molecule has 1 aliphatic heterocycles. The van der Waals surface area contributed by atoms with Crippen LogP contribution in [0.15, 0.2) is 11.2 Å². The summed E-state index contributed by atoms with van der Waals surface area (Å²) in [5.74, 6) is 1.71. The fraction of sp³-hybridized carbons (Fsp3) is 0.542. The zero-order valence-electron chi connectivity index (χ0n) is 20.9. The molecule has 0 radical (unpaired) electrons. The average Bonchev–Trinajstić information content (AvgIpc) is 3.51.